The zero-order chi connectivity index (χ0) is 31.5. The molecule has 2 aromatic heterocycles. The molecule has 2 N–H and O–H groups in total. The highest BCUT2D eigenvalue weighted by atomic mass is 35.5. The van der Waals surface area contributed by atoms with Crippen LogP contribution in [0.5, 0.6) is 0 Å². The first kappa shape index (κ1) is 33.7. The van der Waals surface area contributed by atoms with Gasteiger partial charge in [0.1, 0.15) is 12.1 Å². The minimum Gasteiger partial charge on any atom is -0.413 e. The van der Waals surface area contributed by atoms with Crippen LogP contribution in [-0.2, 0) is 4.43 Å². The minimum absolute atomic E-state index is 0.0293. The number of hydrogen-bond donors (Lipinski definition) is 2. The molecule has 0 amide bonds. The molecule has 10 heteroatoms. The van der Waals surface area contributed by atoms with Gasteiger partial charge < -0.3 is 14.8 Å². The van der Waals surface area contributed by atoms with Gasteiger partial charge in [-0.1, -0.05) is 65.3 Å². The van der Waals surface area contributed by atoms with E-state index < -0.39 is 8.32 Å². The van der Waals surface area contributed by atoms with Crippen molar-refractivity contribution in [2.24, 2.45) is 5.92 Å². The Morgan fingerprint density at radius 1 is 1.12 bits per heavy atom. The lowest BCUT2D eigenvalue weighted by molar-refractivity contribution is 0.0941. The van der Waals surface area contributed by atoms with Crippen molar-refractivity contribution in [3.05, 3.63) is 74.8 Å². The Labute approximate surface area is 267 Å². The average molecular weight is 643 g/mol. The molecular weight excluding hydrogens is 596 g/mol. The summed E-state index contributed by atoms with van der Waals surface area (Å²) in [6, 6.07) is 9.78. The van der Waals surface area contributed by atoms with Gasteiger partial charge in [-0.3, -0.25) is 9.69 Å². The molecule has 2 heterocycles. The lowest BCUT2D eigenvalue weighted by Gasteiger charge is -2.45. The second-order valence-electron chi connectivity index (χ2n) is 13.0. The number of hydrogen-bond acceptors (Lipinski definition) is 8. The van der Waals surface area contributed by atoms with Gasteiger partial charge in [-0.2, -0.15) is 0 Å². The van der Waals surface area contributed by atoms with Crippen LogP contribution in [0.4, 0.5) is 5.82 Å². The van der Waals surface area contributed by atoms with E-state index in [0.717, 1.165) is 24.0 Å². The standard InChI is InChI=1S/C33H47ClN4O3SSi/c1-20(2)43(21(3)4,22(5)6)41-29-15-27(13-24(29)17-39)37-33-28(16-35-19-36-33)32(40)30-14-25(18-42-30)31(38(7)8)23-10-9-11-26(34)12-23/h9-12,14,16,18-22,24,27,29,31,39H,13,15,17H2,1-8H3,(H,35,36,37)/t24-,27-,29+,31-/m1/s1. The van der Waals surface area contributed by atoms with E-state index in [-0.39, 0.29) is 36.5 Å². The monoisotopic (exact) mass is 642 g/mol. The van der Waals surface area contributed by atoms with Crippen LogP contribution < -0.4 is 5.32 Å². The maximum Gasteiger partial charge on any atom is 0.208 e. The van der Waals surface area contributed by atoms with Gasteiger partial charge in [0.15, 0.2) is 0 Å². The van der Waals surface area contributed by atoms with Crippen molar-refractivity contribution >= 4 is 42.9 Å². The third-order valence-electron chi connectivity index (χ3n) is 9.06. The summed E-state index contributed by atoms with van der Waals surface area (Å²) in [7, 11) is 1.92. The molecule has 43 heavy (non-hydrogen) atoms. The summed E-state index contributed by atoms with van der Waals surface area (Å²) in [5.41, 5.74) is 3.93. The molecule has 0 radical (unpaired) electrons. The lowest BCUT2D eigenvalue weighted by atomic mass is 9.99. The number of benzene rings is 1. The first-order valence-corrected chi connectivity index (χ1v) is 18.7. The van der Waals surface area contributed by atoms with Crippen LogP contribution in [0.2, 0.25) is 21.6 Å². The van der Waals surface area contributed by atoms with Gasteiger partial charge in [-0.05, 0) is 78.3 Å². The third kappa shape index (κ3) is 7.23. The fourth-order valence-corrected chi connectivity index (χ4v) is 13.9. The highest BCUT2D eigenvalue weighted by Crippen LogP contribution is 2.46. The molecule has 234 valence electrons. The van der Waals surface area contributed by atoms with Crippen molar-refractivity contribution in [1.82, 2.24) is 14.9 Å². The fourth-order valence-electron chi connectivity index (χ4n) is 7.23. The predicted octanol–water partition coefficient (Wildman–Crippen LogP) is 7.82. The molecule has 0 aliphatic heterocycles. The maximum atomic E-state index is 13.8. The predicted molar refractivity (Wildman–Crippen MR) is 180 cm³/mol. The summed E-state index contributed by atoms with van der Waals surface area (Å²) < 4.78 is 7.12. The summed E-state index contributed by atoms with van der Waals surface area (Å²) in [5, 5.41) is 16.6. The average Bonchev–Trinajstić information content (AvgIpc) is 3.58. The van der Waals surface area contributed by atoms with Gasteiger partial charge in [-0.15, -0.1) is 11.3 Å². The summed E-state index contributed by atoms with van der Waals surface area (Å²) in [4.78, 5) is 25.3. The van der Waals surface area contributed by atoms with E-state index in [1.54, 1.807) is 6.20 Å². The van der Waals surface area contributed by atoms with E-state index in [4.69, 9.17) is 16.0 Å². The second kappa shape index (κ2) is 14.3. The van der Waals surface area contributed by atoms with E-state index in [9.17, 15) is 9.90 Å². The summed E-state index contributed by atoms with van der Waals surface area (Å²) in [6.45, 7) is 13.8. The number of carbonyl (C=O) groups excluding carboxylic acids is 1. The molecule has 0 bridgehead atoms. The Bertz CT molecular complexity index is 1360. The van der Waals surface area contributed by atoms with Crippen LogP contribution in [0.25, 0.3) is 0 Å². The van der Waals surface area contributed by atoms with E-state index in [2.05, 4.69) is 67.8 Å². The van der Waals surface area contributed by atoms with Crippen LogP contribution in [0.15, 0.2) is 48.2 Å². The smallest absolute Gasteiger partial charge is 0.208 e. The Balaban J connectivity index is 1.55. The Hall–Kier alpha value is -2.14. The zero-order valence-corrected chi connectivity index (χ0v) is 29.2. The van der Waals surface area contributed by atoms with Gasteiger partial charge in [-0.25, -0.2) is 9.97 Å². The Morgan fingerprint density at radius 2 is 1.81 bits per heavy atom. The highest BCUT2D eigenvalue weighted by molar-refractivity contribution is 7.12. The van der Waals surface area contributed by atoms with Gasteiger partial charge in [0.25, 0.3) is 0 Å². The molecule has 7 nitrogen and oxygen atoms in total. The SMILES string of the molecule is CC(C)[Si](O[C@H]1C[C@H](Nc2ncncc2C(=O)c2cc([C@@H](c3cccc(Cl)c3)N(C)C)cs2)C[C@@H]1CO)(C(C)C)C(C)C. The van der Waals surface area contributed by atoms with Gasteiger partial charge >= 0.3 is 0 Å². The molecule has 3 aromatic rings. The fraction of sp³-hybridized carbons (Fsp3) is 0.545. The lowest BCUT2D eigenvalue weighted by Crippen LogP contribution is -2.51. The first-order chi connectivity index (χ1) is 20.4. The van der Waals surface area contributed by atoms with Gasteiger partial charge in [0.2, 0.25) is 14.1 Å². The third-order valence-corrected chi connectivity index (χ3v) is 16.4. The van der Waals surface area contributed by atoms with Crippen LogP contribution in [0.3, 0.4) is 0 Å². The normalized spacial score (nSPS) is 20.0. The number of rotatable bonds is 13. The van der Waals surface area contributed by atoms with Gasteiger partial charge in [0, 0.05) is 29.8 Å². The first-order valence-electron chi connectivity index (χ1n) is 15.3. The number of aliphatic hydroxyl groups excluding tert-OH is 1. The highest BCUT2D eigenvalue weighted by Gasteiger charge is 2.49. The molecule has 1 aromatic carbocycles. The number of ketones is 1. The Morgan fingerprint density at radius 3 is 2.42 bits per heavy atom. The summed E-state index contributed by atoms with van der Waals surface area (Å²) in [5.74, 6) is 0.450. The van der Waals surface area contributed by atoms with Crippen LogP contribution in [-0.4, -0.2) is 66.9 Å². The largest absolute Gasteiger partial charge is 0.413 e. The van der Waals surface area contributed by atoms with Crippen LogP contribution >= 0.6 is 22.9 Å². The number of thiophene rings is 1. The number of nitrogens with zero attached hydrogens (tertiary/aromatic N) is 3. The van der Waals surface area contributed by atoms with Crippen LogP contribution in [0.1, 0.15) is 86.8 Å². The number of halogens is 1. The molecular formula is C33H47ClN4O3SSi. The topological polar surface area (TPSA) is 87.6 Å². The maximum absolute atomic E-state index is 13.8. The number of carbonyl (C=O) groups is 1. The second-order valence-corrected chi connectivity index (χ2v) is 19.8. The molecule has 1 aliphatic carbocycles. The number of anilines is 1. The van der Waals surface area contributed by atoms with Crippen molar-refractivity contribution in [3.8, 4) is 0 Å². The van der Waals surface area contributed by atoms with Crippen molar-refractivity contribution in [2.75, 3.05) is 26.0 Å². The Kier molecular flexibility index (Phi) is 11.2. The zero-order valence-electron chi connectivity index (χ0n) is 26.7. The number of aromatic nitrogens is 2. The van der Waals surface area contributed by atoms with E-state index in [1.165, 1.54) is 17.7 Å². The molecule has 1 aliphatic rings. The minimum atomic E-state index is -2.12. The van der Waals surface area contributed by atoms with Crippen molar-refractivity contribution in [2.45, 2.75) is 89.2 Å². The van der Waals surface area contributed by atoms with E-state index in [1.807, 2.05) is 43.7 Å². The van der Waals surface area contributed by atoms with Crippen LogP contribution in [0, 0.1) is 5.92 Å². The quantitative estimate of drug-likeness (QED) is 0.145. The van der Waals surface area contributed by atoms with Crippen molar-refractivity contribution < 1.29 is 14.3 Å². The molecule has 1 fully saturated rings. The van der Waals surface area contributed by atoms with Gasteiger partial charge in [0.05, 0.1) is 22.6 Å². The summed E-state index contributed by atoms with van der Waals surface area (Å²) in [6.07, 6.45) is 4.55. The molecule has 0 unspecified atom stereocenters. The van der Waals surface area contributed by atoms with E-state index >= 15 is 0 Å². The molecule has 4 rings (SSSR count). The molecule has 0 spiro atoms. The molecule has 1 saturated carbocycles. The number of nitrogens with one attached hydrogen (secondary N) is 1. The van der Waals surface area contributed by atoms with Crippen molar-refractivity contribution in [1.29, 1.82) is 0 Å². The molecule has 4 atom stereocenters. The summed E-state index contributed by atoms with van der Waals surface area (Å²) >= 11 is 7.72. The number of aliphatic hydroxyl groups is 1. The van der Waals surface area contributed by atoms with Crippen molar-refractivity contribution in [3.63, 3.8) is 0 Å². The molecule has 0 saturated heterocycles. The van der Waals surface area contributed by atoms with E-state index in [0.29, 0.717) is 37.9 Å².